The Morgan fingerprint density at radius 2 is 1.66 bits per heavy atom. The van der Waals surface area contributed by atoms with E-state index in [4.69, 9.17) is 0 Å². The first-order valence-electron chi connectivity index (χ1n) is 9.03. The summed E-state index contributed by atoms with van der Waals surface area (Å²) in [4.78, 5) is 28.8. The number of nitrogens with one attached hydrogen (secondary N) is 2. The third-order valence-electron chi connectivity index (χ3n) is 4.05. The molecule has 2 N–H and O–H groups in total. The van der Waals surface area contributed by atoms with Crippen LogP contribution in [0.25, 0.3) is 0 Å². The molecule has 0 unspecified atom stereocenters. The second-order valence-electron chi connectivity index (χ2n) is 6.22. The molecule has 0 spiro atoms. The fourth-order valence-electron chi connectivity index (χ4n) is 2.53. The van der Waals surface area contributed by atoms with Crippen molar-refractivity contribution in [3.8, 4) is 0 Å². The molecule has 5 nitrogen and oxygen atoms in total. The Hall–Kier alpha value is -3.19. The summed E-state index contributed by atoms with van der Waals surface area (Å²) in [6, 6.07) is 19.1. The minimum absolute atomic E-state index is 0.122. The molecule has 0 atom stereocenters. The van der Waals surface area contributed by atoms with Crippen molar-refractivity contribution in [3.05, 3.63) is 95.4 Å². The molecule has 0 saturated heterocycles. The van der Waals surface area contributed by atoms with E-state index in [1.54, 1.807) is 30.5 Å². The molecule has 3 aromatic rings. The van der Waals surface area contributed by atoms with Crippen LogP contribution in [0.15, 0.2) is 78.0 Å². The van der Waals surface area contributed by atoms with Gasteiger partial charge in [-0.15, -0.1) is 11.8 Å². The minimum atomic E-state index is -0.366. The van der Waals surface area contributed by atoms with Gasteiger partial charge < -0.3 is 10.6 Å². The molecule has 0 aliphatic heterocycles. The predicted octanol–water partition coefficient (Wildman–Crippen LogP) is 3.56. The van der Waals surface area contributed by atoms with Crippen LogP contribution in [-0.4, -0.2) is 23.3 Å². The van der Waals surface area contributed by atoms with E-state index in [9.17, 15) is 14.0 Å². The summed E-state index contributed by atoms with van der Waals surface area (Å²) in [5.41, 5.74) is 2.31. The van der Waals surface area contributed by atoms with Gasteiger partial charge in [-0.2, -0.15) is 0 Å². The van der Waals surface area contributed by atoms with Crippen LogP contribution in [0.5, 0.6) is 0 Å². The minimum Gasteiger partial charge on any atom is -0.350 e. The summed E-state index contributed by atoms with van der Waals surface area (Å²) < 4.78 is 13.0. The molecule has 0 aliphatic carbocycles. The Morgan fingerprint density at radius 3 is 2.41 bits per heavy atom. The largest absolute Gasteiger partial charge is 0.350 e. The summed E-state index contributed by atoms with van der Waals surface area (Å²) in [7, 11) is 0. The van der Waals surface area contributed by atoms with Crippen LogP contribution in [0.1, 0.15) is 21.5 Å². The smallest absolute Gasteiger partial charge is 0.254 e. The number of amides is 2. The van der Waals surface area contributed by atoms with E-state index in [1.807, 2.05) is 30.3 Å². The number of benzene rings is 2. The molecular weight excluding hydrogens is 389 g/mol. The van der Waals surface area contributed by atoms with Crippen molar-refractivity contribution in [1.29, 1.82) is 0 Å². The highest BCUT2D eigenvalue weighted by atomic mass is 32.2. The van der Waals surface area contributed by atoms with E-state index in [-0.39, 0.29) is 24.2 Å². The Kier molecular flexibility index (Phi) is 7.35. The number of rotatable bonds is 8. The maximum Gasteiger partial charge on any atom is 0.254 e. The zero-order chi connectivity index (χ0) is 20.5. The number of hydrogen-bond acceptors (Lipinski definition) is 4. The van der Waals surface area contributed by atoms with Gasteiger partial charge in [-0.05, 0) is 35.4 Å². The van der Waals surface area contributed by atoms with Crippen molar-refractivity contribution in [3.63, 3.8) is 0 Å². The van der Waals surface area contributed by atoms with Crippen LogP contribution < -0.4 is 10.6 Å². The lowest BCUT2D eigenvalue weighted by Crippen LogP contribution is -2.36. The fraction of sp³-hybridized carbons (Fsp3) is 0.136. The van der Waals surface area contributed by atoms with Crippen LogP contribution in [0.4, 0.5) is 4.39 Å². The first kappa shape index (κ1) is 20.5. The molecule has 7 heteroatoms. The second-order valence-corrected chi connectivity index (χ2v) is 7.18. The highest BCUT2D eigenvalue weighted by Crippen LogP contribution is 2.24. The number of hydrogen-bond donors (Lipinski definition) is 2. The third kappa shape index (κ3) is 6.43. The van der Waals surface area contributed by atoms with Gasteiger partial charge >= 0.3 is 0 Å². The van der Waals surface area contributed by atoms with Crippen molar-refractivity contribution < 1.29 is 14.0 Å². The molecule has 29 heavy (non-hydrogen) atoms. The molecule has 1 heterocycles. The average Bonchev–Trinajstić information content (AvgIpc) is 2.76. The quantitative estimate of drug-likeness (QED) is 0.558. The number of halogens is 1. The Labute approximate surface area is 172 Å². The van der Waals surface area contributed by atoms with Gasteiger partial charge in [0.15, 0.2) is 0 Å². The molecule has 3 rings (SSSR count). The normalized spacial score (nSPS) is 10.4. The zero-order valence-electron chi connectivity index (χ0n) is 15.6. The van der Waals surface area contributed by atoms with Gasteiger partial charge in [-0.25, -0.2) is 9.37 Å². The van der Waals surface area contributed by atoms with Crippen molar-refractivity contribution in [1.82, 2.24) is 15.6 Å². The second kappa shape index (κ2) is 10.4. The SMILES string of the molecule is O=C(CNC(=O)c1cccnc1SCc1ccc(F)cc1)NCc1ccccc1. The molecule has 2 aromatic carbocycles. The fourth-order valence-corrected chi connectivity index (χ4v) is 3.47. The Balaban J connectivity index is 1.52. The lowest BCUT2D eigenvalue weighted by molar-refractivity contribution is -0.120. The highest BCUT2D eigenvalue weighted by Gasteiger charge is 2.14. The van der Waals surface area contributed by atoms with Crippen LogP contribution in [0, 0.1) is 5.82 Å². The summed E-state index contributed by atoms with van der Waals surface area (Å²) in [5, 5.41) is 5.95. The Morgan fingerprint density at radius 1 is 0.897 bits per heavy atom. The molecule has 1 aromatic heterocycles. The number of carbonyl (C=O) groups excluding carboxylic acids is 2. The van der Waals surface area contributed by atoms with Gasteiger partial charge in [0.25, 0.3) is 5.91 Å². The molecule has 0 fully saturated rings. The van der Waals surface area contributed by atoms with Crippen LogP contribution in [0.2, 0.25) is 0 Å². The van der Waals surface area contributed by atoms with Crippen molar-refractivity contribution in [2.75, 3.05) is 6.54 Å². The number of pyridine rings is 1. The van der Waals surface area contributed by atoms with E-state index in [0.29, 0.717) is 22.9 Å². The summed E-state index contributed by atoms with van der Waals surface area (Å²) >= 11 is 1.38. The van der Waals surface area contributed by atoms with Gasteiger partial charge in [-0.1, -0.05) is 42.5 Å². The topological polar surface area (TPSA) is 71.1 Å². The third-order valence-corrected chi connectivity index (χ3v) is 5.12. The monoisotopic (exact) mass is 409 g/mol. The predicted molar refractivity (Wildman–Crippen MR) is 111 cm³/mol. The molecule has 2 amide bonds. The van der Waals surface area contributed by atoms with Crippen molar-refractivity contribution >= 4 is 23.6 Å². The Bertz CT molecular complexity index is 965. The standard InChI is InChI=1S/C22H20FN3O2S/c23-18-10-8-17(9-11-18)15-29-22-19(7-4-12-24-22)21(28)26-14-20(27)25-13-16-5-2-1-3-6-16/h1-12H,13-15H2,(H,25,27)(H,26,28). The molecular formula is C22H20FN3O2S. The lowest BCUT2D eigenvalue weighted by atomic mass is 10.2. The van der Waals surface area contributed by atoms with Crippen molar-refractivity contribution in [2.24, 2.45) is 0 Å². The van der Waals surface area contributed by atoms with E-state index >= 15 is 0 Å². The molecule has 0 aliphatic rings. The molecule has 0 saturated carbocycles. The molecule has 148 valence electrons. The number of nitrogens with zero attached hydrogens (tertiary/aromatic N) is 1. The highest BCUT2D eigenvalue weighted by molar-refractivity contribution is 7.98. The number of carbonyl (C=O) groups is 2. The van der Waals surface area contributed by atoms with Crippen LogP contribution in [0.3, 0.4) is 0 Å². The molecule has 0 radical (unpaired) electrons. The van der Waals surface area contributed by atoms with E-state index in [0.717, 1.165) is 11.1 Å². The summed E-state index contributed by atoms with van der Waals surface area (Å²) in [5.74, 6) is -0.377. The lowest BCUT2D eigenvalue weighted by Gasteiger charge is -2.10. The summed E-state index contributed by atoms with van der Waals surface area (Å²) in [6.07, 6.45) is 1.61. The van der Waals surface area contributed by atoms with E-state index in [1.165, 1.54) is 23.9 Å². The van der Waals surface area contributed by atoms with Crippen LogP contribution >= 0.6 is 11.8 Å². The van der Waals surface area contributed by atoms with Gasteiger partial charge in [-0.3, -0.25) is 9.59 Å². The zero-order valence-corrected chi connectivity index (χ0v) is 16.4. The maximum atomic E-state index is 13.0. The van der Waals surface area contributed by atoms with Gasteiger partial charge in [0.2, 0.25) is 5.91 Å². The number of thioether (sulfide) groups is 1. The van der Waals surface area contributed by atoms with E-state index < -0.39 is 0 Å². The van der Waals surface area contributed by atoms with Gasteiger partial charge in [0.05, 0.1) is 12.1 Å². The maximum absolute atomic E-state index is 13.0. The van der Waals surface area contributed by atoms with Crippen LogP contribution in [-0.2, 0) is 17.1 Å². The van der Waals surface area contributed by atoms with Gasteiger partial charge in [0, 0.05) is 18.5 Å². The summed E-state index contributed by atoms with van der Waals surface area (Å²) in [6.45, 7) is 0.282. The van der Waals surface area contributed by atoms with Crippen molar-refractivity contribution in [2.45, 2.75) is 17.3 Å². The first-order valence-corrected chi connectivity index (χ1v) is 10.0. The molecule has 0 bridgehead atoms. The first-order chi connectivity index (χ1) is 14.1. The van der Waals surface area contributed by atoms with E-state index in [2.05, 4.69) is 15.6 Å². The van der Waals surface area contributed by atoms with Gasteiger partial charge in [0.1, 0.15) is 10.8 Å². The average molecular weight is 409 g/mol. The number of aromatic nitrogens is 1.